The molecule has 0 bridgehead atoms. The maximum absolute atomic E-state index is 12.5. The molecule has 1 saturated heterocycles. The van der Waals surface area contributed by atoms with E-state index >= 15 is 0 Å². The van der Waals surface area contributed by atoms with Crippen LogP contribution in [0.15, 0.2) is 59.4 Å². The normalized spacial score (nSPS) is 13.7. The van der Waals surface area contributed by atoms with Crippen LogP contribution in [0.5, 0.6) is 0 Å². The Morgan fingerprint density at radius 2 is 1.77 bits per heavy atom. The van der Waals surface area contributed by atoms with Crippen LogP contribution < -0.4 is 21.1 Å². The van der Waals surface area contributed by atoms with Gasteiger partial charge in [0.05, 0.1) is 23.9 Å². The summed E-state index contributed by atoms with van der Waals surface area (Å²) in [5.41, 5.74) is 1.76. The average Bonchev–Trinajstić information content (AvgIpc) is 2.78. The van der Waals surface area contributed by atoms with Gasteiger partial charge in [-0.25, -0.2) is 9.78 Å². The molecule has 160 valence electrons. The number of urea groups is 1. The van der Waals surface area contributed by atoms with Crippen LogP contribution in [0.25, 0.3) is 11.4 Å². The summed E-state index contributed by atoms with van der Waals surface area (Å²) in [4.78, 5) is 31.5. The number of rotatable bonds is 4. The highest BCUT2D eigenvalue weighted by Crippen LogP contribution is 2.23. The number of carbonyl (C=O) groups excluding carboxylic acids is 1. The second kappa shape index (κ2) is 9.20. The number of morpholine rings is 1. The molecule has 1 aliphatic rings. The summed E-state index contributed by atoms with van der Waals surface area (Å²) in [6.45, 7) is 2.62. The number of anilines is 3. The van der Waals surface area contributed by atoms with Crippen molar-refractivity contribution in [1.82, 2.24) is 9.55 Å². The predicted octanol–water partition coefficient (Wildman–Crippen LogP) is 3.58. The Morgan fingerprint density at radius 3 is 2.48 bits per heavy atom. The molecule has 4 rings (SSSR count). The van der Waals surface area contributed by atoms with Gasteiger partial charge in [-0.05, 0) is 36.4 Å². The molecule has 9 heteroatoms. The van der Waals surface area contributed by atoms with Gasteiger partial charge in [0, 0.05) is 37.5 Å². The van der Waals surface area contributed by atoms with E-state index in [4.69, 9.17) is 21.3 Å². The number of para-hydroxylation sites is 1. The Morgan fingerprint density at radius 1 is 1.06 bits per heavy atom. The third kappa shape index (κ3) is 4.87. The first-order valence-electron chi connectivity index (χ1n) is 9.85. The van der Waals surface area contributed by atoms with Gasteiger partial charge in [-0.15, -0.1) is 0 Å². The molecular weight excluding hydrogens is 418 g/mol. The zero-order chi connectivity index (χ0) is 21.8. The smallest absolute Gasteiger partial charge is 0.323 e. The molecule has 2 N–H and O–H groups in total. The zero-order valence-electron chi connectivity index (χ0n) is 17.0. The molecule has 2 aromatic carbocycles. The average molecular weight is 440 g/mol. The number of nitrogens with one attached hydrogen (secondary N) is 2. The maximum Gasteiger partial charge on any atom is 0.323 e. The van der Waals surface area contributed by atoms with E-state index in [2.05, 4.69) is 10.6 Å². The standard InChI is InChI=1S/C22H22ClN5O3/c1-27-20(29)14-19(28-10-12-31-13-11-28)26-21(27)15-6-8-16(9-7-15)24-22(30)25-18-5-3-2-4-17(18)23/h2-9,14H,10-13H2,1H3,(H2,24,25,30). The van der Waals surface area contributed by atoms with Crippen molar-refractivity contribution < 1.29 is 9.53 Å². The number of amides is 2. The lowest BCUT2D eigenvalue weighted by molar-refractivity contribution is 0.122. The molecule has 0 radical (unpaired) electrons. The molecule has 1 aromatic heterocycles. The molecular formula is C22H22ClN5O3. The fourth-order valence-electron chi connectivity index (χ4n) is 3.29. The number of nitrogens with zero attached hydrogens (tertiary/aromatic N) is 3. The first-order valence-corrected chi connectivity index (χ1v) is 10.2. The Balaban J connectivity index is 1.51. The molecule has 0 spiro atoms. The Hall–Kier alpha value is -3.36. The van der Waals surface area contributed by atoms with Crippen molar-refractivity contribution in [3.63, 3.8) is 0 Å². The van der Waals surface area contributed by atoms with E-state index in [0.717, 1.165) is 5.56 Å². The van der Waals surface area contributed by atoms with Crippen LogP contribution >= 0.6 is 11.6 Å². The highest BCUT2D eigenvalue weighted by atomic mass is 35.5. The third-order valence-corrected chi connectivity index (χ3v) is 5.31. The summed E-state index contributed by atoms with van der Waals surface area (Å²) in [5.74, 6) is 1.20. The number of carbonyl (C=O) groups is 1. The Labute approximate surface area is 184 Å². The number of hydrogen-bond acceptors (Lipinski definition) is 5. The van der Waals surface area contributed by atoms with Crippen molar-refractivity contribution in [3.8, 4) is 11.4 Å². The van der Waals surface area contributed by atoms with Gasteiger partial charge in [0.25, 0.3) is 5.56 Å². The molecule has 0 atom stereocenters. The summed E-state index contributed by atoms with van der Waals surface area (Å²) in [6, 6.07) is 15.3. The van der Waals surface area contributed by atoms with Crippen LogP contribution in [0.2, 0.25) is 5.02 Å². The van der Waals surface area contributed by atoms with Gasteiger partial charge in [-0.1, -0.05) is 23.7 Å². The van der Waals surface area contributed by atoms with Crippen LogP contribution in [0, 0.1) is 0 Å². The molecule has 0 unspecified atom stereocenters. The topological polar surface area (TPSA) is 88.5 Å². The van der Waals surface area contributed by atoms with Crippen LogP contribution in [0.4, 0.5) is 22.0 Å². The SMILES string of the molecule is Cn1c(-c2ccc(NC(=O)Nc3ccccc3Cl)cc2)nc(N2CCOCC2)cc1=O. The molecule has 31 heavy (non-hydrogen) atoms. The lowest BCUT2D eigenvalue weighted by Crippen LogP contribution is -2.38. The maximum atomic E-state index is 12.5. The summed E-state index contributed by atoms with van der Waals surface area (Å²) in [5, 5.41) is 5.93. The van der Waals surface area contributed by atoms with Crippen molar-refractivity contribution in [1.29, 1.82) is 0 Å². The first-order chi connectivity index (χ1) is 15.0. The second-order valence-electron chi connectivity index (χ2n) is 7.07. The summed E-state index contributed by atoms with van der Waals surface area (Å²) >= 11 is 6.07. The van der Waals surface area contributed by atoms with Crippen molar-refractivity contribution in [3.05, 3.63) is 70.0 Å². The third-order valence-electron chi connectivity index (χ3n) is 4.98. The number of benzene rings is 2. The number of hydrogen-bond donors (Lipinski definition) is 2. The van der Waals surface area contributed by atoms with Gasteiger partial charge >= 0.3 is 6.03 Å². The lowest BCUT2D eigenvalue weighted by Gasteiger charge is -2.28. The fraction of sp³-hybridized carbons (Fsp3) is 0.227. The van der Waals surface area contributed by atoms with Crippen molar-refractivity contribution >= 4 is 34.8 Å². The molecule has 1 aliphatic heterocycles. The minimum Gasteiger partial charge on any atom is -0.378 e. The van der Waals surface area contributed by atoms with Gasteiger partial charge in [0.2, 0.25) is 0 Å². The van der Waals surface area contributed by atoms with Crippen molar-refractivity contribution in [2.75, 3.05) is 41.8 Å². The Kier molecular flexibility index (Phi) is 6.20. The minimum absolute atomic E-state index is 0.132. The van der Waals surface area contributed by atoms with Crippen LogP contribution in [0.3, 0.4) is 0 Å². The first kappa shape index (κ1) is 20.9. The molecule has 8 nitrogen and oxygen atoms in total. The zero-order valence-corrected chi connectivity index (χ0v) is 17.7. The minimum atomic E-state index is -0.402. The van der Waals surface area contributed by atoms with Gasteiger partial charge in [-0.2, -0.15) is 0 Å². The molecule has 2 heterocycles. The Bertz CT molecular complexity index is 1140. The number of ether oxygens (including phenoxy) is 1. The largest absolute Gasteiger partial charge is 0.378 e. The van der Waals surface area contributed by atoms with E-state index < -0.39 is 6.03 Å². The van der Waals surface area contributed by atoms with E-state index in [1.54, 1.807) is 49.5 Å². The highest BCUT2D eigenvalue weighted by molar-refractivity contribution is 6.33. The molecule has 0 aliphatic carbocycles. The second-order valence-corrected chi connectivity index (χ2v) is 7.48. The van der Waals surface area contributed by atoms with E-state index in [0.29, 0.717) is 54.3 Å². The highest BCUT2D eigenvalue weighted by Gasteiger charge is 2.16. The van der Waals surface area contributed by atoms with Gasteiger partial charge in [0.15, 0.2) is 0 Å². The molecule has 0 saturated carbocycles. The quantitative estimate of drug-likeness (QED) is 0.648. The molecule has 2 amide bonds. The van der Waals surface area contributed by atoms with E-state index in [-0.39, 0.29) is 5.56 Å². The molecule has 3 aromatic rings. The van der Waals surface area contributed by atoms with E-state index in [1.165, 1.54) is 4.57 Å². The summed E-state index contributed by atoms with van der Waals surface area (Å²) in [6.07, 6.45) is 0. The monoisotopic (exact) mass is 439 g/mol. The number of halogens is 1. The van der Waals surface area contributed by atoms with Crippen LogP contribution in [-0.4, -0.2) is 41.9 Å². The van der Waals surface area contributed by atoms with Crippen molar-refractivity contribution in [2.45, 2.75) is 0 Å². The van der Waals surface area contributed by atoms with Gasteiger partial charge in [0.1, 0.15) is 11.6 Å². The van der Waals surface area contributed by atoms with Crippen molar-refractivity contribution in [2.24, 2.45) is 7.05 Å². The summed E-state index contributed by atoms with van der Waals surface area (Å²) in [7, 11) is 1.69. The molecule has 1 fully saturated rings. The van der Waals surface area contributed by atoms with E-state index in [9.17, 15) is 9.59 Å². The van der Waals surface area contributed by atoms with Crippen LogP contribution in [0.1, 0.15) is 0 Å². The van der Waals surface area contributed by atoms with Gasteiger partial charge < -0.3 is 20.3 Å². The predicted molar refractivity (Wildman–Crippen MR) is 122 cm³/mol. The van der Waals surface area contributed by atoms with Gasteiger partial charge in [-0.3, -0.25) is 9.36 Å². The van der Waals surface area contributed by atoms with Crippen LogP contribution in [-0.2, 0) is 11.8 Å². The summed E-state index contributed by atoms with van der Waals surface area (Å²) < 4.78 is 6.89. The van der Waals surface area contributed by atoms with E-state index in [1.807, 2.05) is 17.0 Å². The lowest BCUT2D eigenvalue weighted by atomic mass is 10.2. The fourth-order valence-corrected chi connectivity index (χ4v) is 3.47. The number of aromatic nitrogens is 2.